The zero-order chi connectivity index (χ0) is 13.4. The summed E-state index contributed by atoms with van der Waals surface area (Å²) in [5.41, 5.74) is 5.49. The number of nitrogens with two attached hydrogens (primary N) is 1. The molecule has 0 aliphatic carbocycles. The fourth-order valence-corrected chi connectivity index (χ4v) is 2.53. The van der Waals surface area contributed by atoms with Crippen LogP contribution in [-0.2, 0) is 0 Å². The highest BCUT2D eigenvalue weighted by Gasteiger charge is 2.12. The molecule has 0 amide bonds. The lowest BCUT2D eigenvalue weighted by Gasteiger charge is -2.19. The van der Waals surface area contributed by atoms with E-state index < -0.39 is 0 Å². The van der Waals surface area contributed by atoms with Crippen LogP contribution in [0.15, 0.2) is 35.3 Å². The summed E-state index contributed by atoms with van der Waals surface area (Å²) in [5, 5.41) is 0. The van der Waals surface area contributed by atoms with Crippen molar-refractivity contribution >= 4 is 15.9 Å². The maximum absolute atomic E-state index is 5.68. The average molecular weight is 311 g/mol. The number of hydrogen-bond acceptors (Lipinski definition) is 2. The standard InChI is InChI=1S/C15H23BrN2/c1-3-4-5-6-7-11-15(18-17)13-9-8-10-14(16)12(13)2/h3,8-10,15,18H,1,4-7,11,17H2,2H3. The van der Waals surface area contributed by atoms with E-state index in [0.29, 0.717) is 0 Å². The molecule has 18 heavy (non-hydrogen) atoms. The van der Waals surface area contributed by atoms with E-state index >= 15 is 0 Å². The molecule has 3 N–H and O–H groups in total. The molecule has 0 radical (unpaired) electrons. The van der Waals surface area contributed by atoms with E-state index in [-0.39, 0.29) is 6.04 Å². The topological polar surface area (TPSA) is 38.0 Å². The van der Waals surface area contributed by atoms with Gasteiger partial charge in [-0.25, -0.2) is 0 Å². The quantitative estimate of drug-likeness (QED) is 0.323. The summed E-state index contributed by atoms with van der Waals surface area (Å²) in [4.78, 5) is 0. The summed E-state index contributed by atoms with van der Waals surface area (Å²) >= 11 is 3.57. The molecule has 1 aromatic carbocycles. The summed E-state index contributed by atoms with van der Waals surface area (Å²) in [6.45, 7) is 5.87. The maximum atomic E-state index is 5.68. The van der Waals surface area contributed by atoms with Gasteiger partial charge in [0, 0.05) is 10.5 Å². The Hall–Kier alpha value is -0.640. The Morgan fingerprint density at radius 3 is 2.83 bits per heavy atom. The van der Waals surface area contributed by atoms with E-state index in [1.165, 1.54) is 30.4 Å². The third kappa shape index (κ3) is 4.56. The first-order valence-corrected chi connectivity index (χ1v) is 7.32. The van der Waals surface area contributed by atoms with Crippen LogP contribution < -0.4 is 11.3 Å². The second-order valence-corrected chi connectivity index (χ2v) is 5.45. The van der Waals surface area contributed by atoms with Crippen molar-refractivity contribution in [2.24, 2.45) is 5.84 Å². The van der Waals surface area contributed by atoms with Gasteiger partial charge in [-0.3, -0.25) is 11.3 Å². The van der Waals surface area contributed by atoms with Crippen LogP contribution in [0.4, 0.5) is 0 Å². The van der Waals surface area contributed by atoms with Crippen molar-refractivity contribution in [1.82, 2.24) is 5.43 Å². The Balaban J connectivity index is 2.55. The average Bonchev–Trinajstić information content (AvgIpc) is 2.38. The van der Waals surface area contributed by atoms with Crippen molar-refractivity contribution in [2.75, 3.05) is 0 Å². The number of unbranched alkanes of at least 4 members (excludes halogenated alkanes) is 3. The van der Waals surface area contributed by atoms with Gasteiger partial charge in [-0.15, -0.1) is 6.58 Å². The van der Waals surface area contributed by atoms with Crippen molar-refractivity contribution < 1.29 is 0 Å². The minimum absolute atomic E-state index is 0.242. The summed E-state index contributed by atoms with van der Waals surface area (Å²) in [7, 11) is 0. The predicted octanol–water partition coefficient (Wildman–Crippen LogP) is 4.40. The van der Waals surface area contributed by atoms with Gasteiger partial charge in [0.05, 0.1) is 0 Å². The highest BCUT2D eigenvalue weighted by atomic mass is 79.9. The molecule has 0 saturated heterocycles. The molecule has 0 aliphatic rings. The minimum atomic E-state index is 0.242. The Bertz CT molecular complexity index is 377. The monoisotopic (exact) mass is 310 g/mol. The molecule has 0 fully saturated rings. The normalized spacial score (nSPS) is 12.4. The number of hydrazine groups is 1. The molecule has 1 atom stereocenters. The first kappa shape index (κ1) is 15.4. The fourth-order valence-electron chi connectivity index (χ4n) is 2.14. The van der Waals surface area contributed by atoms with Crippen molar-refractivity contribution in [3.05, 3.63) is 46.5 Å². The Morgan fingerprint density at radius 1 is 1.39 bits per heavy atom. The van der Waals surface area contributed by atoms with E-state index in [9.17, 15) is 0 Å². The van der Waals surface area contributed by atoms with E-state index in [2.05, 4.69) is 53.1 Å². The molecule has 1 unspecified atom stereocenters. The third-order valence-electron chi connectivity index (χ3n) is 3.29. The van der Waals surface area contributed by atoms with Gasteiger partial charge in [0.2, 0.25) is 0 Å². The van der Waals surface area contributed by atoms with Gasteiger partial charge < -0.3 is 0 Å². The second kappa shape index (κ2) is 8.46. The summed E-state index contributed by atoms with van der Waals surface area (Å²) in [6, 6.07) is 6.52. The third-order valence-corrected chi connectivity index (χ3v) is 4.15. The van der Waals surface area contributed by atoms with E-state index in [0.717, 1.165) is 17.3 Å². The van der Waals surface area contributed by atoms with Crippen LogP contribution >= 0.6 is 15.9 Å². The van der Waals surface area contributed by atoms with Gasteiger partial charge in [0.25, 0.3) is 0 Å². The maximum Gasteiger partial charge on any atom is 0.0463 e. The first-order chi connectivity index (χ1) is 8.70. The van der Waals surface area contributed by atoms with Gasteiger partial charge in [0.15, 0.2) is 0 Å². The van der Waals surface area contributed by atoms with Crippen LogP contribution in [-0.4, -0.2) is 0 Å². The lowest BCUT2D eigenvalue weighted by atomic mass is 9.97. The minimum Gasteiger partial charge on any atom is -0.271 e. The molecule has 2 nitrogen and oxygen atoms in total. The number of benzene rings is 1. The highest BCUT2D eigenvalue weighted by Crippen LogP contribution is 2.27. The van der Waals surface area contributed by atoms with Gasteiger partial charge in [-0.2, -0.15) is 0 Å². The summed E-state index contributed by atoms with van der Waals surface area (Å²) in [5.74, 6) is 5.68. The van der Waals surface area contributed by atoms with Crippen LogP contribution in [0.1, 0.15) is 49.3 Å². The Labute approximate surface area is 119 Å². The fraction of sp³-hybridized carbons (Fsp3) is 0.467. The van der Waals surface area contributed by atoms with Gasteiger partial charge in [-0.1, -0.05) is 47.0 Å². The second-order valence-electron chi connectivity index (χ2n) is 4.60. The lowest BCUT2D eigenvalue weighted by Crippen LogP contribution is -2.28. The smallest absolute Gasteiger partial charge is 0.0463 e. The van der Waals surface area contributed by atoms with Crippen LogP contribution in [0.25, 0.3) is 0 Å². The van der Waals surface area contributed by atoms with Crippen LogP contribution in [0, 0.1) is 6.92 Å². The van der Waals surface area contributed by atoms with Gasteiger partial charge >= 0.3 is 0 Å². The van der Waals surface area contributed by atoms with E-state index in [4.69, 9.17) is 5.84 Å². The number of rotatable bonds is 8. The molecule has 3 heteroatoms. The zero-order valence-electron chi connectivity index (χ0n) is 11.1. The zero-order valence-corrected chi connectivity index (χ0v) is 12.7. The molecule has 0 aromatic heterocycles. The Kier molecular flexibility index (Phi) is 7.25. The molecular weight excluding hydrogens is 288 g/mol. The van der Waals surface area contributed by atoms with Crippen LogP contribution in [0.3, 0.4) is 0 Å². The van der Waals surface area contributed by atoms with E-state index in [1.54, 1.807) is 0 Å². The molecule has 1 aromatic rings. The summed E-state index contributed by atoms with van der Waals surface area (Å²) < 4.78 is 1.15. The van der Waals surface area contributed by atoms with Crippen molar-refractivity contribution in [2.45, 2.75) is 45.1 Å². The molecule has 100 valence electrons. The van der Waals surface area contributed by atoms with Crippen LogP contribution in [0.5, 0.6) is 0 Å². The SMILES string of the molecule is C=CCCCCCC(NN)c1cccc(Br)c1C. The number of nitrogens with one attached hydrogen (secondary N) is 1. The van der Waals surface area contributed by atoms with Crippen LogP contribution in [0.2, 0.25) is 0 Å². The molecule has 0 aliphatic heterocycles. The van der Waals surface area contributed by atoms with E-state index in [1.807, 2.05) is 6.08 Å². The number of allylic oxidation sites excluding steroid dienone is 1. The van der Waals surface area contributed by atoms with Crippen molar-refractivity contribution in [3.8, 4) is 0 Å². The largest absolute Gasteiger partial charge is 0.271 e. The lowest BCUT2D eigenvalue weighted by molar-refractivity contribution is 0.482. The van der Waals surface area contributed by atoms with Crippen molar-refractivity contribution in [3.63, 3.8) is 0 Å². The number of halogens is 1. The molecule has 0 bridgehead atoms. The molecular formula is C15H23BrN2. The van der Waals surface area contributed by atoms with Gasteiger partial charge in [-0.05, 0) is 43.4 Å². The highest BCUT2D eigenvalue weighted by molar-refractivity contribution is 9.10. The first-order valence-electron chi connectivity index (χ1n) is 6.52. The predicted molar refractivity (Wildman–Crippen MR) is 82.2 cm³/mol. The van der Waals surface area contributed by atoms with Crippen molar-refractivity contribution in [1.29, 1.82) is 0 Å². The molecule has 0 saturated carbocycles. The molecule has 0 spiro atoms. The van der Waals surface area contributed by atoms with Gasteiger partial charge in [0.1, 0.15) is 0 Å². The molecule has 1 rings (SSSR count). The molecule has 0 heterocycles. The number of hydrogen-bond donors (Lipinski definition) is 2. The summed E-state index contributed by atoms with van der Waals surface area (Å²) in [6.07, 6.45) is 7.81. The Morgan fingerprint density at radius 2 is 2.17 bits per heavy atom.